The minimum atomic E-state index is -0.108. The van der Waals surface area contributed by atoms with E-state index in [0.717, 1.165) is 17.7 Å². The third-order valence-corrected chi connectivity index (χ3v) is 2.15. The van der Waals surface area contributed by atoms with Crippen molar-refractivity contribution in [3.8, 4) is 0 Å². The second-order valence-electron chi connectivity index (χ2n) is 3.05. The molecule has 1 aromatic carbocycles. The van der Waals surface area contributed by atoms with Crippen molar-refractivity contribution in [2.24, 2.45) is 10.9 Å². The largest absolute Gasteiger partial charge is 0.395 e. The summed E-state index contributed by atoms with van der Waals surface area (Å²) in [5.41, 5.74) is 8.02. The summed E-state index contributed by atoms with van der Waals surface area (Å²) in [6, 6.07) is 9.83. The van der Waals surface area contributed by atoms with Crippen LogP contribution in [-0.4, -0.2) is 12.3 Å². The van der Waals surface area contributed by atoms with E-state index in [4.69, 9.17) is 10.6 Å². The minimum Gasteiger partial charge on any atom is -0.395 e. The van der Waals surface area contributed by atoms with Crippen molar-refractivity contribution in [1.29, 1.82) is 0 Å². The van der Waals surface area contributed by atoms with Crippen LogP contribution < -0.4 is 5.73 Å². The summed E-state index contributed by atoms with van der Waals surface area (Å²) in [6.45, 7) is 0.663. The van der Waals surface area contributed by atoms with Gasteiger partial charge in [0.05, 0.1) is 11.8 Å². The van der Waals surface area contributed by atoms with Gasteiger partial charge in [0.25, 0.3) is 0 Å². The highest BCUT2D eigenvalue weighted by Crippen LogP contribution is 2.16. The predicted octanol–water partition coefficient (Wildman–Crippen LogP) is 1.46. The van der Waals surface area contributed by atoms with E-state index in [9.17, 15) is 0 Å². The third kappa shape index (κ3) is 1.70. The monoisotopic (exact) mass is 176 g/mol. The van der Waals surface area contributed by atoms with Crippen LogP contribution in [0.2, 0.25) is 0 Å². The summed E-state index contributed by atoms with van der Waals surface area (Å²) in [6.07, 6.45) is 0.843. The molecule has 1 heterocycles. The number of hydrogen-bond acceptors (Lipinski definition) is 3. The van der Waals surface area contributed by atoms with E-state index < -0.39 is 0 Å². The van der Waals surface area contributed by atoms with Crippen molar-refractivity contribution in [2.45, 2.75) is 12.5 Å². The second kappa shape index (κ2) is 3.58. The molecule has 13 heavy (non-hydrogen) atoms. The number of benzene rings is 1. The van der Waals surface area contributed by atoms with Gasteiger partial charge < -0.3 is 10.6 Å². The fraction of sp³-hybridized carbons (Fsp3) is 0.300. The first-order valence-corrected chi connectivity index (χ1v) is 4.37. The lowest BCUT2D eigenvalue weighted by Gasteiger charge is -2.09. The molecule has 0 saturated heterocycles. The molecule has 1 aliphatic heterocycles. The maximum absolute atomic E-state index is 5.99. The summed E-state index contributed by atoms with van der Waals surface area (Å²) >= 11 is 0. The van der Waals surface area contributed by atoms with Crippen LogP contribution in [0.5, 0.6) is 0 Å². The molecule has 2 N–H and O–H groups in total. The summed E-state index contributed by atoms with van der Waals surface area (Å²) < 4.78 is 0. The smallest absolute Gasteiger partial charge is 0.122 e. The lowest BCUT2D eigenvalue weighted by Crippen LogP contribution is -2.19. The van der Waals surface area contributed by atoms with Crippen molar-refractivity contribution in [2.75, 3.05) is 6.61 Å². The minimum absolute atomic E-state index is 0.108. The van der Waals surface area contributed by atoms with E-state index in [1.807, 2.05) is 30.3 Å². The Hall–Kier alpha value is -1.35. The molecule has 0 fully saturated rings. The number of hydrogen-bond donors (Lipinski definition) is 1. The Morgan fingerprint density at radius 1 is 1.31 bits per heavy atom. The Morgan fingerprint density at radius 3 is 2.69 bits per heavy atom. The van der Waals surface area contributed by atoms with Crippen LogP contribution in [-0.2, 0) is 4.84 Å². The highest BCUT2D eigenvalue weighted by Gasteiger charge is 2.17. The molecule has 1 unspecified atom stereocenters. The van der Waals surface area contributed by atoms with Crippen LogP contribution in [0, 0.1) is 0 Å². The molecule has 1 aliphatic rings. The maximum atomic E-state index is 5.99. The molecule has 1 aromatic rings. The molecule has 2 rings (SSSR count). The third-order valence-electron chi connectivity index (χ3n) is 2.15. The van der Waals surface area contributed by atoms with Gasteiger partial charge in [-0.2, -0.15) is 0 Å². The highest BCUT2D eigenvalue weighted by molar-refractivity contribution is 5.90. The van der Waals surface area contributed by atoms with Crippen molar-refractivity contribution in [3.63, 3.8) is 0 Å². The van der Waals surface area contributed by atoms with E-state index in [0.29, 0.717) is 6.61 Å². The average Bonchev–Trinajstić information content (AvgIpc) is 2.71. The van der Waals surface area contributed by atoms with Gasteiger partial charge in [-0.3, -0.25) is 0 Å². The standard InChI is InChI=1S/C10H12N2O/c11-10(9-6-7-13-12-9)8-4-2-1-3-5-8/h1-5,10H,6-7,11H2. The lowest BCUT2D eigenvalue weighted by atomic mass is 10.0. The number of nitrogens with two attached hydrogens (primary N) is 1. The van der Waals surface area contributed by atoms with Gasteiger partial charge in [-0.1, -0.05) is 35.5 Å². The zero-order valence-corrected chi connectivity index (χ0v) is 7.31. The van der Waals surface area contributed by atoms with Gasteiger partial charge in [0, 0.05) is 6.42 Å². The average molecular weight is 176 g/mol. The predicted molar refractivity (Wildman–Crippen MR) is 51.4 cm³/mol. The fourth-order valence-electron chi connectivity index (χ4n) is 1.39. The SMILES string of the molecule is NC(C1=NOCC1)c1ccccc1. The van der Waals surface area contributed by atoms with Gasteiger partial charge in [0.15, 0.2) is 0 Å². The first-order chi connectivity index (χ1) is 6.38. The Kier molecular flexibility index (Phi) is 2.27. The molecule has 68 valence electrons. The van der Waals surface area contributed by atoms with Crippen molar-refractivity contribution >= 4 is 5.71 Å². The molecule has 1 atom stereocenters. The van der Waals surface area contributed by atoms with E-state index in [1.54, 1.807) is 0 Å². The zero-order valence-electron chi connectivity index (χ0n) is 7.31. The Bertz CT molecular complexity index is 308. The Morgan fingerprint density at radius 2 is 2.08 bits per heavy atom. The van der Waals surface area contributed by atoms with Gasteiger partial charge in [0.2, 0.25) is 0 Å². The van der Waals surface area contributed by atoms with Crippen molar-refractivity contribution in [1.82, 2.24) is 0 Å². The molecule has 0 bridgehead atoms. The number of nitrogens with zero attached hydrogens (tertiary/aromatic N) is 1. The molecular formula is C10H12N2O. The number of oxime groups is 1. The van der Waals surface area contributed by atoms with E-state index >= 15 is 0 Å². The van der Waals surface area contributed by atoms with Crippen LogP contribution in [0.25, 0.3) is 0 Å². The van der Waals surface area contributed by atoms with Crippen LogP contribution in [0.1, 0.15) is 18.0 Å². The normalized spacial score (nSPS) is 17.8. The lowest BCUT2D eigenvalue weighted by molar-refractivity contribution is 0.173. The van der Waals surface area contributed by atoms with E-state index in [1.165, 1.54) is 0 Å². The van der Waals surface area contributed by atoms with Crippen molar-refractivity contribution < 1.29 is 4.84 Å². The van der Waals surface area contributed by atoms with Gasteiger partial charge in [0.1, 0.15) is 6.61 Å². The Labute approximate surface area is 77.2 Å². The maximum Gasteiger partial charge on any atom is 0.122 e. The Balaban J connectivity index is 2.17. The molecule has 0 spiro atoms. The van der Waals surface area contributed by atoms with Gasteiger partial charge >= 0.3 is 0 Å². The zero-order chi connectivity index (χ0) is 9.10. The molecule has 0 aromatic heterocycles. The first-order valence-electron chi connectivity index (χ1n) is 4.37. The quantitative estimate of drug-likeness (QED) is 0.741. The van der Waals surface area contributed by atoms with E-state index in [-0.39, 0.29) is 6.04 Å². The van der Waals surface area contributed by atoms with Crippen LogP contribution in [0.3, 0.4) is 0 Å². The molecule has 0 radical (unpaired) electrons. The number of rotatable bonds is 2. The van der Waals surface area contributed by atoms with Gasteiger partial charge in [-0.05, 0) is 5.56 Å². The first kappa shape index (κ1) is 8.26. The van der Waals surface area contributed by atoms with Gasteiger partial charge in [-0.15, -0.1) is 0 Å². The van der Waals surface area contributed by atoms with Crippen LogP contribution in [0.4, 0.5) is 0 Å². The molecule has 3 heteroatoms. The summed E-state index contributed by atoms with van der Waals surface area (Å²) in [5, 5.41) is 3.90. The molecule has 3 nitrogen and oxygen atoms in total. The summed E-state index contributed by atoms with van der Waals surface area (Å²) in [5.74, 6) is 0. The van der Waals surface area contributed by atoms with Crippen LogP contribution >= 0.6 is 0 Å². The molecule has 0 aliphatic carbocycles. The molecule has 0 saturated carbocycles. The highest BCUT2D eigenvalue weighted by atomic mass is 16.6. The summed E-state index contributed by atoms with van der Waals surface area (Å²) in [7, 11) is 0. The topological polar surface area (TPSA) is 47.6 Å². The molecular weight excluding hydrogens is 164 g/mol. The second-order valence-corrected chi connectivity index (χ2v) is 3.05. The summed E-state index contributed by atoms with van der Waals surface area (Å²) in [4.78, 5) is 4.91. The fourth-order valence-corrected chi connectivity index (χ4v) is 1.39. The van der Waals surface area contributed by atoms with E-state index in [2.05, 4.69) is 5.16 Å². The molecule has 0 amide bonds. The van der Waals surface area contributed by atoms with Crippen LogP contribution in [0.15, 0.2) is 35.5 Å². The van der Waals surface area contributed by atoms with Gasteiger partial charge in [-0.25, -0.2) is 0 Å². The van der Waals surface area contributed by atoms with Crippen molar-refractivity contribution in [3.05, 3.63) is 35.9 Å².